The van der Waals surface area contributed by atoms with Gasteiger partial charge in [0.15, 0.2) is 0 Å². The SMILES string of the molecule is CC(C)(C)c1ncc(CNCCC2CCC2)s1. The summed E-state index contributed by atoms with van der Waals surface area (Å²) in [6, 6.07) is 0. The molecule has 2 nitrogen and oxygen atoms in total. The molecular formula is C14H24N2S. The van der Waals surface area contributed by atoms with Gasteiger partial charge in [0.1, 0.15) is 0 Å². The predicted molar refractivity (Wildman–Crippen MR) is 74.5 cm³/mol. The molecule has 1 heterocycles. The van der Waals surface area contributed by atoms with Crippen LogP contribution in [0.3, 0.4) is 0 Å². The van der Waals surface area contributed by atoms with Crippen LogP contribution >= 0.6 is 11.3 Å². The summed E-state index contributed by atoms with van der Waals surface area (Å²) in [4.78, 5) is 5.87. The van der Waals surface area contributed by atoms with E-state index in [1.165, 1.54) is 35.6 Å². The van der Waals surface area contributed by atoms with Crippen molar-refractivity contribution in [1.29, 1.82) is 0 Å². The Morgan fingerprint density at radius 2 is 2.18 bits per heavy atom. The minimum absolute atomic E-state index is 0.189. The normalized spacial score (nSPS) is 17.1. The first-order chi connectivity index (χ1) is 8.05. The number of nitrogens with one attached hydrogen (secondary N) is 1. The quantitative estimate of drug-likeness (QED) is 0.808. The fourth-order valence-corrected chi connectivity index (χ4v) is 2.97. The number of thiazole rings is 1. The van der Waals surface area contributed by atoms with Gasteiger partial charge in [-0.05, 0) is 18.9 Å². The predicted octanol–water partition coefficient (Wildman–Crippen LogP) is 3.72. The van der Waals surface area contributed by atoms with Crippen LogP contribution in [0.15, 0.2) is 6.20 Å². The summed E-state index contributed by atoms with van der Waals surface area (Å²) in [6.07, 6.45) is 7.74. The van der Waals surface area contributed by atoms with Gasteiger partial charge >= 0.3 is 0 Å². The minimum Gasteiger partial charge on any atom is -0.312 e. The van der Waals surface area contributed by atoms with Crippen molar-refractivity contribution in [3.63, 3.8) is 0 Å². The van der Waals surface area contributed by atoms with Gasteiger partial charge in [0.05, 0.1) is 5.01 Å². The summed E-state index contributed by atoms with van der Waals surface area (Å²) >= 11 is 1.84. The van der Waals surface area contributed by atoms with Gasteiger partial charge in [-0.15, -0.1) is 11.3 Å². The van der Waals surface area contributed by atoms with Gasteiger partial charge in [0, 0.05) is 23.0 Å². The van der Waals surface area contributed by atoms with Gasteiger partial charge < -0.3 is 5.32 Å². The van der Waals surface area contributed by atoms with Crippen LogP contribution in [0.2, 0.25) is 0 Å². The number of nitrogens with zero attached hydrogens (tertiary/aromatic N) is 1. The summed E-state index contributed by atoms with van der Waals surface area (Å²) in [7, 11) is 0. The van der Waals surface area contributed by atoms with Gasteiger partial charge in [0.25, 0.3) is 0 Å². The molecule has 17 heavy (non-hydrogen) atoms. The number of aromatic nitrogens is 1. The second-order valence-corrected chi connectivity index (χ2v) is 7.26. The van der Waals surface area contributed by atoms with E-state index in [1.807, 2.05) is 17.5 Å². The molecule has 0 aromatic carbocycles. The molecule has 0 unspecified atom stereocenters. The third kappa shape index (κ3) is 3.78. The summed E-state index contributed by atoms with van der Waals surface area (Å²) in [5.74, 6) is 1.01. The van der Waals surface area contributed by atoms with Gasteiger partial charge in [-0.3, -0.25) is 0 Å². The summed E-state index contributed by atoms with van der Waals surface area (Å²) in [5.41, 5.74) is 0.189. The van der Waals surface area contributed by atoms with Crippen LogP contribution < -0.4 is 5.32 Å². The zero-order chi connectivity index (χ0) is 12.3. The lowest BCUT2D eigenvalue weighted by atomic mass is 9.83. The summed E-state index contributed by atoms with van der Waals surface area (Å²) < 4.78 is 0. The van der Waals surface area contributed by atoms with E-state index in [4.69, 9.17) is 0 Å². The largest absolute Gasteiger partial charge is 0.312 e. The molecule has 0 radical (unpaired) electrons. The molecule has 1 aliphatic carbocycles. The Balaban J connectivity index is 1.69. The first kappa shape index (κ1) is 13.0. The van der Waals surface area contributed by atoms with Crippen LogP contribution in [0.25, 0.3) is 0 Å². The highest BCUT2D eigenvalue weighted by atomic mass is 32.1. The Kier molecular flexibility index (Phi) is 4.21. The fourth-order valence-electron chi connectivity index (χ4n) is 2.04. The average Bonchev–Trinajstić information content (AvgIpc) is 2.62. The third-order valence-electron chi connectivity index (χ3n) is 3.45. The molecular weight excluding hydrogens is 228 g/mol. The Hall–Kier alpha value is -0.410. The van der Waals surface area contributed by atoms with Gasteiger partial charge in [-0.1, -0.05) is 40.0 Å². The van der Waals surface area contributed by atoms with Crippen molar-refractivity contribution < 1.29 is 0 Å². The smallest absolute Gasteiger partial charge is 0.0981 e. The van der Waals surface area contributed by atoms with Crippen LogP contribution in [0, 0.1) is 5.92 Å². The standard InChI is InChI=1S/C14H24N2S/c1-14(2,3)13-16-10-12(17-13)9-15-8-7-11-5-4-6-11/h10-11,15H,4-9H2,1-3H3. The topological polar surface area (TPSA) is 24.9 Å². The molecule has 96 valence electrons. The molecule has 0 bridgehead atoms. The lowest BCUT2D eigenvalue weighted by Crippen LogP contribution is -2.20. The lowest BCUT2D eigenvalue weighted by molar-refractivity contribution is 0.292. The van der Waals surface area contributed by atoms with E-state index < -0.39 is 0 Å². The molecule has 2 rings (SSSR count). The highest BCUT2D eigenvalue weighted by Gasteiger charge is 2.18. The summed E-state index contributed by atoms with van der Waals surface area (Å²) in [5, 5.41) is 4.78. The van der Waals surface area contributed by atoms with E-state index in [0.717, 1.165) is 19.0 Å². The second kappa shape index (κ2) is 5.49. The number of hydrogen-bond donors (Lipinski definition) is 1. The van der Waals surface area contributed by atoms with Crippen molar-refractivity contribution in [2.45, 2.75) is 58.4 Å². The van der Waals surface area contributed by atoms with Crippen molar-refractivity contribution in [3.05, 3.63) is 16.1 Å². The fraction of sp³-hybridized carbons (Fsp3) is 0.786. The van der Waals surface area contributed by atoms with Crippen LogP contribution in [0.4, 0.5) is 0 Å². The zero-order valence-electron chi connectivity index (χ0n) is 11.3. The van der Waals surface area contributed by atoms with Gasteiger partial charge in [-0.2, -0.15) is 0 Å². The molecule has 1 aliphatic rings. The molecule has 0 atom stereocenters. The first-order valence-electron chi connectivity index (χ1n) is 6.71. The molecule has 1 fully saturated rings. The Morgan fingerprint density at radius 3 is 2.71 bits per heavy atom. The molecule has 0 saturated heterocycles. The maximum atomic E-state index is 4.51. The Bertz CT molecular complexity index is 347. The maximum Gasteiger partial charge on any atom is 0.0981 e. The molecule has 1 aromatic heterocycles. The Morgan fingerprint density at radius 1 is 1.41 bits per heavy atom. The van der Waals surface area contributed by atoms with Crippen molar-refractivity contribution in [3.8, 4) is 0 Å². The maximum absolute atomic E-state index is 4.51. The minimum atomic E-state index is 0.189. The molecule has 0 amide bonds. The van der Waals surface area contributed by atoms with Crippen molar-refractivity contribution in [2.24, 2.45) is 5.92 Å². The van der Waals surface area contributed by atoms with Crippen LogP contribution in [-0.4, -0.2) is 11.5 Å². The number of rotatable bonds is 5. The average molecular weight is 252 g/mol. The molecule has 0 spiro atoms. The Labute approximate surface area is 109 Å². The molecule has 0 aliphatic heterocycles. The van der Waals surface area contributed by atoms with E-state index in [-0.39, 0.29) is 5.41 Å². The molecule has 1 aromatic rings. The van der Waals surface area contributed by atoms with E-state index in [9.17, 15) is 0 Å². The number of hydrogen-bond acceptors (Lipinski definition) is 3. The lowest BCUT2D eigenvalue weighted by Gasteiger charge is -2.25. The monoisotopic (exact) mass is 252 g/mol. The van der Waals surface area contributed by atoms with Crippen LogP contribution in [-0.2, 0) is 12.0 Å². The molecule has 1 N–H and O–H groups in total. The van der Waals surface area contributed by atoms with E-state index in [2.05, 4.69) is 31.1 Å². The van der Waals surface area contributed by atoms with E-state index >= 15 is 0 Å². The van der Waals surface area contributed by atoms with Gasteiger partial charge in [0.2, 0.25) is 0 Å². The van der Waals surface area contributed by atoms with Crippen molar-refractivity contribution in [1.82, 2.24) is 10.3 Å². The second-order valence-electron chi connectivity index (χ2n) is 6.14. The summed E-state index contributed by atoms with van der Waals surface area (Å²) in [6.45, 7) is 8.81. The van der Waals surface area contributed by atoms with E-state index in [1.54, 1.807) is 0 Å². The highest BCUT2D eigenvalue weighted by molar-refractivity contribution is 7.11. The van der Waals surface area contributed by atoms with Crippen molar-refractivity contribution >= 4 is 11.3 Å². The molecule has 1 saturated carbocycles. The van der Waals surface area contributed by atoms with Gasteiger partial charge in [-0.25, -0.2) is 4.98 Å². The highest BCUT2D eigenvalue weighted by Crippen LogP contribution is 2.29. The molecule has 3 heteroatoms. The third-order valence-corrected chi connectivity index (χ3v) is 4.87. The van der Waals surface area contributed by atoms with Crippen LogP contribution in [0.5, 0.6) is 0 Å². The van der Waals surface area contributed by atoms with E-state index in [0.29, 0.717) is 0 Å². The first-order valence-corrected chi connectivity index (χ1v) is 7.53. The van der Waals surface area contributed by atoms with Crippen LogP contribution in [0.1, 0.15) is 56.3 Å². The zero-order valence-corrected chi connectivity index (χ0v) is 12.1. The van der Waals surface area contributed by atoms with Crippen molar-refractivity contribution in [2.75, 3.05) is 6.54 Å².